The molecule has 0 heterocycles. The van der Waals surface area contributed by atoms with E-state index in [9.17, 15) is 35.9 Å². The van der Waals surface area contributed by atoms with Crippen molar-refractivity contribution in [2.75, 3.05) is 7.11 Å². The molecule has 30 heavy (non-hydrogen) atoms. The molecule has 0 bridgehead atoms. The van der Waals surface area contributed by atoms with Gasteiger partial charge in [0.05, 0.1) is 18.2 Å². The highest BCUT2D eigenvalue weighted by Crippen LogP contribution is 2.36. The first-order chi connectivity index (χ1) is 13.8. The number of carbonyl (C=O) groups is 2. The van der Waals surface area contributed by atoms with E-state index in [0.717, 1.165) is 0 Å². The van der Waals surface area contributed by atoms with Gasteiger partial charge < -0.3 is 15.8 Å². The summed E-state index contributed by atoms with van der Waals surface area (Å²) in [5.41, 5.74) is 1.48. The van der Waals surface area contributed by atoms with Gasteiger partial charge in [0.2, 0.25) is 5.91 Å². The van der Waals surface area contributed by atoms with Gasteiger partial charge in [-0.15, -0.1) is 0 Å². The Bertz CT molecular complexity index is 908. The molecule has 1 atom stereocenters. The summed E-state index contributed by atoms with van der Waals surface area (Å²) in [6.45, 7) is 0. The zero-order valence-electron chi connectivity index (χ0n) is 15.4. The molecule has 0 aromatic heterocycles. The summed E-state index contributed by atoms with van der Waals surface area (Å²) in [6, 6.07) is 5.42. The van der Waals surface area contributed by atoms with Crippen molar-refractivity contribution < 1.29 is 40.7 Å². The number of halogens is 6. The lowest BCUT2D eigenvalue weighted by molar-refractivity contribution is -0.143. The molecule has 2 amide bonds. The Morgan fingerprint density at radius 3 is 2.00 bits per heavy atom. The molecule has 0 aliphatic carbocycles. The predicted octanol–water partition coefficient (Wildman–Crippen LogP) is 3.56. The molecule has 0 radical (unpaired) electrons. The standard InChI is InChI=1S/C19H16F6N2O3/c1-30-15-5-3-2-4-10(15)8-14(16(26)28)27-17(29)11-6-12(18(20,21)22)9-13(7-11)19(23,24)25/h2-7,9,14H,8H2,1H3,(H2,26,28)(H,27,29)/t14-/m1/s1. The van der Waals surface area contributed by atoms with Crippen LogP contribution < -0.4 is 15.8 Å². The quantitative estimate of drug-likeness (QED) is 0.683. The van der Waals surface area contributed by atoms with Gasteiger partial charge in [-0.2, -0.15) is 26.3 Å². The number of ether oxygens (including phenoxy) is 1. The van der Waals surface area contributed by atoms with Crippen molar-refractivity contribution in [1.82, 2.24) is 5.32 Å². The van der Waals surface area contributed by atoms with Crippen molar-refractivity contribution >= 4 is 11.8 Å². The number of nitrogens with one attached hydrogen (secondary N) is 1. The molecule has 11 heteroatoms. The number of nitrogens with two attached hydrogens (primary N) is 1. The summed E-state index contributed by atoms with van der Waals surface area (Å²) in [5, 5.41) is 2.09. The Labute approximate surface area is 166 Å². The molecule has 0 fully saturated rings. The molecule has 162 valence electrons. The van der Waals surface area contributed by atoms with Gasteiger partial charge in [0.25, 0.3) is 5.91 Å². The van der Waals surface area contributed by atoms with E-state index < -0.39 is 46.9 Å². The number of primary amides is 1. The van der Waals surface area contributed by atoms with Gasteiger partial charge in [0.1, 0.15) is 11.8 Å². The first-order valence-corrected chi connectivity index (χ1v) is 8.34. The zero-order valence-corrected chi connectivity index (χ0v) is 15.4. The smallest absolute Gasteiger partial charge is 0.416 e. The first-order valence-electron chi connectivity index (χ1n) is 8.34. The second-order valence-corrected chi connectivity index (χ2v) is 6.24. The number of para-hydroxylation sites is 1. The lowest BCUT2D eigenvalue weighted by Gasteiger charge is -2.18. The summed E-state index contributed by atoms with van der Waals surface area (Å²) in [4.78, 5) is 24.1. The van der Waals surface area contributed by atoms with E-state index in [4.69, 9.17) is 10.5 Å². The van der Waals surface area contributed by atoms with Crippen LogP contribution >= 0.6 is 0 Å². The second kappa shape index (κ2) is 8.64. The molecule has 3 N–H and O–H groups in total. The van der Waals surface area contributed by atoms with Crippen LogP contribution in [0.2, 0.25) is 0 Å². The highest BCUT2D eigenvalue weighted by atomic mass is 19.4. The third-order valence-electron chi connectivity index (χ3n) is 4.12. The molecule has 2 aromatic rings. The number of alkyl halides is 6. The average Bonchev–Trinajstić information content (AvgIpc) is 2.65. The second-order valence-electron chi connectivity index (χ2n) is 6.24. The number of amides is 2. The molecular weight excluding hydrogens is 418 g/mol. The van der Waals surface area contributed by atoms with Crippen LogP contribution in [-0.4, -0.2) is 25.0 Å². The fraction of sp³-hybridized carbons (Fsp3) is 0.263. The maximum absolute atomic E-state index is 13.0. The van der Waals surface area contributed by atoms with E-state index in [1.807, 2.05) is 0 Å². The van der Waals surface area contributed by atoms with Gasteiger partial charge in [0.15, 0.2) is 0 Å². The lowest BCUT2D eigenvalue weighted by atomic mass is 10.0. The molecule has 0 unspecified atom stereocenters. The summed E-state index contributed by atoms with van der Waals surface area (Å²) in [7, 11) is 1.36. The summed E-state index contributed by atoms with van der Waals surface area (Å²) >= 11 is 0. The van der Waals surface area contributed by atoms with Gasteiger partial charge in [0, 0.05) is 12.0 Å². The van der Waals surface area contributed by atoms with Crippen molar-refractivity contribution in [3.8, 4) is 5.75 Å². The normalized spacial score (nSPS) is 12.9. The highest BCUT2D eigenvalue weighted by Gasteiger charge is 2.37. The molecule has 0 aliphatic heterocycles. The Kier molecular flexibility index (Phi) is 6.63. The number of methoxy groups -OCH3 is 1. The van der Waals surface area contributed by atoms with Gasteiger partial charge in [-0.25, -0.2) is 0 Å². The van der Waals surface area contributed by atoms with E-state index in [1.54, 1.807) is 24.3 Å². The molecule has 0 spiro atoms. The molecule has 0 aliphatic rings. The molecule has 2 aromatic carbocycles. The third-order valence-corrected chi connectivity index (χ3v) is 4.12. The van der Waals surface area contributed by atoms with Crippen LogP contribution in [0.4, 0.5) is 26.3 Å². The van der Waals surface area contributed by atoms with Crippen molar-refractivity contribution in [1.29, 1.82) is 0 Å². The number of hydrogen-bond acceptors (Lipinski definition) is 3. The first kappa shape index (κ1) is 23.0. The van der Waals surface area contributed by atoms with E-state index in [1.165, 1.54) is 7.11 Å². The van der Waals surface area contributed by atoms with E-state index >= 15 is 0 Å². The van der Waals surface area contributed by atoms with Gasteiger partial charge in [-0.05, 0) is 29.8 Å². The number of carbonyl (C=O) groups excluding carboxylic acids is 2. The number of hydrogen-bond donors (Lipinski definition) is 2. The van der Waals surface area contributed by atoms with Gasteiger partial charge in [-0.1, -0.05) is 18.2 Å². The summed E-state index contributed by atoms with van der Waals surface area (Å²) < 4.78 is 83.0. The maximum atomic E-state index is 13.0. The van der Waals surface area contributed by atoms with Crippen LogP contribution in [0.25, 0.3) is 0 Å². The predicted molar refractivity (Wildman–Crippen MR) is 93.6 cm³/mol. The Hall–Kier alpha value is -3.24. The molecule has 5 nitrogen and oxygen atoms in total. The largest absolute Gasteiger partial charge is 0.496 e. The monoisotopic (exact) mass is 434 g/mol. The van der Waals surface area contributed by atoms with Gasteiger partial charge in [-0.3, -0.25) is 9.59 Å². The van der Waals surface area contributed by atoms with Crippen LogP contribution in [0.15, 0.2) is 42.5 Å². The number of rotatable bonds is 6. The Morgan fingerprint density at radius 2 is 1.53 bits per heavy atom. The molecule has 0 saturated carbocycles. The van der Waals surface area contributed by atoms with Crippen LogP contribution in [0.5, 0.6) is 5.75 Å². The minimum atomic E-state index is -5.11. The lowest BCUT2D eigenvalue weighted by Crippen LogP contribution is -2.46. The van der Waals surface area contributed by atoms with Gasteiger partial charge >= 0.3 is 12.4 Å². The topological polar surface area (TPSA) is 81.4 Å². The van der Waals surface area contributed by atoms with E-state index in [0.29, 0.717) is 11.3 Å². The summed E-state index contributed by atoms with van der Waals surface area (Å²) in [5.74, 6) is -1.99. The molecular formula is C19H16F6N2O3. The van der Waals surface area contributed by atoms with Crippen molar-refractivity contribution in [3.63, 3.8) is 0 Å². The SMILES string of the molecule is COc1ccccc1C[C@@H](NC(=O)c1cc(C(F)(F)F)cc(C(F)(F)F)c1)C(N)=O. The minimum Gasteiger partial charge on any atom is -0.496 e. The summed E-state index contributed by atoms with van der Waals surface area (Å²) in [6.07, 6.45) is -10.4. The van der Waals surface area contributed by atoms with E-state index in [2.05, 4.69) is 5.32 Å². The van der Waals surface area contributed by atoms with Crippen molar-refractivity contribution in [2.24, 2.45) is 5.73 Å². The third kappa shape index (κ3) is 5.65. The maximum Gasteiger partial charge on any atom is 0.416 e. The van der Waals surface area contributed by atoms with Crippen LogP contribution in [0.3, 0.4) is 0 Å². The fourth-order valence-corrected chi connectivity index (χ4v) is 2.64. The number of benzene rings is 2. The van der Waals surface area contributed by atoms with Crippen LogP contribution in [-0.2, 0) is 23.6 Å². The molecule has 2 rings (SSSR count). The van der Waals surface area contributed by atoms with E-state index in [-0.39, 0.29) is 24.6 Å². The minimum absolute atomic E-state index is 0.100. The fourth-order valence-electron chi connectivity index (χ4n) is 2.64. The average molecular weight is 434 g/mol. The Balaban J connectivity index is 2.37. The Morgan fingerprint density at radius 1 is 1.00 bits per heavy atom. The zero-order chi connectivity index (χ0) is 22.7. The van der Waals surface area contributed by atoms with Crippen molar-refractivity contribution in [3.05, 3.63) is 64.7 Å². The van der Waals surface area contributed by atoms with Crippen LogP contribution in [0.1, 0.15) is 27.0 Å². The van der Waals surface area contributed by atoms with Crippen molar-refractivity contribution in [2.45, 2.75) is 24.8 Å². The molecule has 0 saturated heterocycles. The highest BCUT2D eigenvalue weighted by molar-refractivity contribution is 5.97. The van der Waals surface area contributed by atoms with Crippen LogP contribution in [0, 0.1) is 0 Å².